The van der Waals surface area contributed by atoms with Crippen LogP contribution in [-0.2, 0) is 23.8 Å². The summed E-state index contributed by atoms with van der Waals surface area (Å²) in [5.74, 6) is -0.269. The van der Waals surface area contributed by atoms with Crippen molar-refractivity contribution in [2.45, 2.75) is 256 Å². The van der Waals surface area contributed by atoms with E-state index in [1.165, 1.54) is 89.9 Å². The van der Waals surface area contributed by atoms with E-state index in [4.69, 9.17) is 14.2 Å². The lowest BCUT2D eigenvalue weighted by Crippen LogP contribution is -2.60. The molecule has 0 radical (unpaired) electrons. The maximum Gasteiger partial charge on any atom is 0.305 e. The van der Waals surface area contributed by atoms with E-state index in [1.807, 2.05) is 6.08 Å². The molecule has 0 aromatic rings. The van der Waals surface area contributed by atoms with E-state index in [-0.39, 0.29) is 18.5 Å². The fraction of sp³-hybridized carbons (Fsp3) is 0.843. The summed E-state index contributed by atoms with van der Waals surface area (Å²) in [7, 11) is 0. The number of allylic oxidation sites excluding steroid dienone is 5. The largest absolute Gasteiger partial charge is 0.466 e. The molecule has 0 aromatic carbocycles. The van der Waals surface area contributed by atoms with Crippen LogP contribution in [0.3, 0.4) is 0 Å². The Balaban J connectivity index is 2.22. The number of esters is 1. The normalized spacial score (nSPS) is 20.4. The minimum atomic E-state index is -1.58. The molecule has 1 aliphatic rings. The average Bonchev–Trinajstić information content (AvgIpc) is 3.27. The zero-order valence-electron chi connectivity index (χ0n) is 39.3. The van der Waals surface area contributed by atoms with Crippen LogP contribution in [0.1, 0.15) is 213 Å². The SMILES string of the molecule is CCCC/C=C\CCCCCCCC(=O)OCCCCC/C=C\CCCCCCCC(=O)NC(COC1OC(CO)C(O)C(O)C1O)C(O)/C=C/CCCCCCCCCCC. The maximum absolute atomic E-state index is 13.0. The van der Waals surface area contributed by atoms with Crippen LogP contribution in [0, 0.1) is 0 Å². The third kappa shape index (κ3) is 31.7. The Morgan fingerprint density at radius 2 is 1.05 bits per heavy atom. The number of aliphatic hydroxyl groups excluding tert-OH is 5. The fourth-order valence-electron chi connectivity index (χ4n) is 7.58. The number of hydrogen-bond donors (Lipinski definition) is 6. The number of carbonyl (C=O) groups excluding carboxylic acids is 2. The summed E-state index contributed by atoms with van der Waals surface area (Å²) in [5.41, 5.74) is 0. The molecule has 6 N–H and O–H groups in total. The van der Waals surface area contributed by atoms with Gasteiger partial charge in [-0.05, 0) is 83.5 Å². The molecule has 62 heavy (non-hydrogen) atoms. The van der Waals surface area contributed by atoms with Gasteiger partial charge in [0.25, 0.3) is 0 Å². The molecule has 1 heterocycles. The molecule has 1 fully saturated rings. The van der Waals surface area contributed by atoms with Gasteiger partial charge < -0.3 is 45.1 Å². The van der Waals surface area contributed by atoms with Gasteiger partial charge in [0.15, 0.2) is 6.29 Å². The van der Waals surface area contributed by atoms with E-state index in [0.29, 0.717) is 19.4 Å². The second-order valence-electron chi connectivity index (χ2n) is 17.5. The highest BCUT2D eigenvalue weighted by Gasteiger charge is 2.44. The van der Waals surface area contributed by atoms with Crippen molar-refractivity contribution < 1.29 is 49.3 Å². The minimum absolute atomic E-state index is 0.0588. The molecule has 1 saturated heterocycles. The number of nitrogens with one attached hydrogen (secondary N) is 1. The zero-order chi connectivity index (χ0) is 45.3. The van der Waals surface area contributed by atoms with E-state index < -0.39 is 49.5 Å². The van der Waals surface area contributed by atoms with Gasteiger partial charge in [0.1, 0.15) is 24.4 Å². The molecule has 0 spiro atoms. The predicted molar refractivity (Wildman–Crippen MR) is 251 cm³/mol. The summed E-state index contributed by atoms with van der Waals surface area (Å²) in [5, 5.41) is 54.1. The van der Waals surface area contributed by atoms with Crippen molar-refractivity contribution in [1.29, 1.82) is 0 Å². The van der Waals surface area contributed by atoms with Gasteiger partial charge in [0.05, 0.1) is 32.0 Å². The number of unbranched alkanes of at least 4 members (excludes halogenated alkanes) is 24. The lowest BCUT2D eigenvalue weighted by atomic mass is 9.99. The summed E-state index contributed by atoms with van der Waals surface area (Å²) in [6.45, 7) is 4.19. The van der Waals surface area contributed by atoms with Crippen LogP contribution < -0.4 is 5.32 Å². The molecular weight excluding hydrogens is 787 g/mol. The van der Waals surface area contributed by atoms with Gasteiger partial charge in [0.2, 0.25) is 5.91 Å². The molecule has 0 saturated carbocycles. The molecule has 0 aliphatic carbocycles. The number of ether oxygens (including phenoxy) is 3. The Morgan fingerprint density at radius 1 is 0.581 bits per heavy atom. The van der Waals surface area contributed by atoms with Crippen LogP contribution >= 0.6 is 0 Å². The number of amides is 1. The first-order valence-electron chi connectivity index (χ1n) is 25.3. The number of carbonyl (C=O) groups is 2. The first-order chi connectivity index (χ1) is 30.2. The molecule has 362 valence electrons. The molecular formula is C51H93NO10. The van der Waals surface area contributed by atoms with Crippen molar-refractivity contribution in [2.75, 3.05) is 19.8 Å². The van der Waals surface area contributed by atoms with Gasteiger partial charge in [-0.2, -0.15) is 0 Å². The quantitative estimate of drug-likeness (QED) is 0.0197. The Kier molecular flexibility index (Phi) is 38.8. The molecule has 11 nitrogen and oxygen atoms in total. The van der Waals surface area contributed by atoms with E-state index in [1.54, 1.807) is 6.08 Å². The van der Waals surface area contributed by atoms with E-state index in [2.05, 4.69) is 43.5 Å². The minimum Gasteiger partial charge on any atom is -0.466 e. The summed E-state index contributed by atoms with van der Waals surface area (Å²) < 4.78 is 16.6. The summed E-state index contributed by atoms with van der Waals surface area (Å²) in [6.07, 6.45) is 37.9. The molecule has 11 heteroatoms. The Hall–Kier alpha value is -2.12. The van der Waals surface area contributed by atoms with Gasteiger partial charge in [-0.3, -0.25) is 9.59 Å². The van der Waals surface area contributed by atoms with E-state index in [9.17, 15) is 35.1 Å². The molecule has 1 amide bonds. The van der Waals surface area contributed by atoms with E-state index >= 15 is 0 Å². The second kappa shape index (κ2) is 41.6. The Bertz CT molecular complexity index is 1130. The highest BCUT2D eigenvalue weighted by molar-refractivity contribution is 5.76. The monoisotopic (exact) mass is 880 g/mol. The van der Waals surface area contributed by atoms with Crippen molar-refractivity contribution in [3.63, 3.8) is 0 Å². The Morgan fingerprint density at radius 3 is 1.60 bits per heavy atom. The third-order valence-corrected chi connectivity index (χ3v) is 11.7. The van der Waals surface area contributed by atoms with Crippen molar-refractivity contribution in [3.05, 3.63) is 36.5 Å². The van der Waals surface area contributed by atoms with Gasteiger partial charge in [-0.15, -0.1) is 0 Å². The Labute approximate surface area is 377 Å². The van der Waals surface area contributed by atoms with Gasteiger partial charge in [0, 0.05) is 12.8 Å². The van der Waals surface area contributed by atoms with Crippen LogP contribution in [0.15, 0.2) is 36.5 Å². The molecule has 7 atom stereocenters. The molecule has 0 aromatic heterocycles. The summed E-state index contributed by atoms with van der Waals surface area (Å²) >= 11 is 0. The number of aliphatic hydroxyl groups is 5. The maximum atomic E-state index is 13.0. The smallest absolute Gasteiger partial charge is 0.305 e. The third-order valence-electron chi connectivity index (χ3n) is 11.7. The van der Waals surface area contributed by atoms with Gasteiger partial charge in [-0.25, -0.2) is 0 Å². The highest BCUT2D eigenvalue weighted by Crippen LogP contribution is 2.22. The van der Waals surface area contributed by atoms with Gasteiger partial charge >= 0.3 is 5.97 Å². The lowest BCUT2D eigenvalue weighted by Gasteiger charge is -2.40. The highest BCUT2D eigenvalue weighted by atomic mass is 16.7. The second-order valence-corrected chi connectivity index (χ2v) is 17.5. The van der Waals surface area contributed by atoms with Crippen molar-refractivity contribution in [1.82, 2.24) is 5.32 Å². The first-order valence-corrected chi connectivity index (χ1v) is 25.3. The first kappa shape index (κ1) is 57.9. The van der Waals surface area contributed by atoms with E-state index in [0.717, 1.165) is 96.3 Å². The predicted octanol–water partition coefficient (Wildman–Crippen LogP) is 9.99. The molecule has 1 aliphatic heterocycles. The average molecular weight is 880 g/mol. The van der Waals surface area contributed by atoms with Crippen molar-refractivity contribution in [2.24, 2.45) is 0 Å². The van der Waals surface area contributed by atoms with Crippen LogP contribution in [0.5, 0.6) is 0 Å². The standard InChI is InChI=1S/C51H93NO10/c1-3-5-7-9-11-13-17-21-25-29-33-37-44(54)43(42-61-51-50(59)49(58)48(57)45(41-53)62-51)52-46(55)38-34-30-26-22-19-15-16-20-24-28-32-36-40-60-47(56)39-35-31-27-23-18-14-12-10-8-6-4-2/h10,12,16,20,33,37,43-45,48-51,53-54,57-59H,3-9,11,13-15,17-19,21-32,34-36,38-42H2,1-2H3,(H,52,55)/b12-10-,20-16-,37-33+. The lowest BCUT2D eigenvalue weighted by molar-refractivity contribution is -0.302. The van der Waals surface area contributed by atoms with Crippen LogP contribution in [0.25, 0.3) is 0 Å². The molecule has 1 rings (SSSR count). The van der Waals surface area contributed by atoms with Gasteiger partial charge in [-0.1, -0.05) is 153 Å². The fourth-order valence-corrected chi connectivity index (χ4v) is 7.58. The summed E-state index contributed by atoms with van der Waals surface area (Å²) in [4.78, 5) is 25.0. The molecule has 0 bridgehead atoms. The molecule has 7 unspecified atom stereocenters. The van der Waals surface area contributed by atoms with Crippen LogP contribution in [-0.4, -0.2) is 100 Å². The van der Waals surface area contributed by atoms with Crippen molar-refractivity contribution >= 4 is 11.9 Å². The topological polar surface area (TPSA) is 175 Å². The van der Waals surface area contributed by atoms with Crippen molar-refractivity contribution in [3.8, 4) is 0 Å². The summed E-state index contributed by atoms with van der Waals surface area (Å²) in [6, 6.07) is -0.828. The van der Waals surface area contributed by atoms with Crippen LogP contribution in [0.2, 0.25) is 0 Å². The number of rotatable bonds is 42. The number of hydrogen-bond acceptors (Lipinski definition) is 10. The zero-order valence-corrected chi connectivity index (χ0v) is 39.3. The van der Waals surface area contributed by atoms with Crippen LogP contribution in [0.4, 0.5) is 0 Å².